The van der Waals surface area contributed by atoms with Crippen molar-refractivity contribution in [2.75, 3.05) is 13.2 Å². The van der Waals surface area contributed by atoms with Crippen molar-refractivity contribution in [3.63, 3.8) is 0 Å². The number of aliphatic hydroxyl groups is 8. The van der Waals surface area contributed by atoms with Crippen molar-refractivity contribution in [3.05, 3.63) is 35.4 Å². The maximum atomic E-state index is 12.2. The Morgan fingerprint density at radius 1 is 0.656 bits per heavy atom. The second-order valence-corrected chi connectivity index (χ2v) is 7.40. The Kier molecular flexibility index (Phi) is 10.1. The van der Waals surface area contributed by atoms with Crippen LogP contribution < -0.4 is 0 Å². The third-order valence-corrected chi connectivity index (χ3v) is 5.67. The first kappa shape index (κ1) is 27.9. The van der Waals surface area contributed by atoms with Crippen LogP contribution in [-0.2, 0) is 9.47 Å². The van der Waals surface area contributed by atoms with E-state index in [-0.39, 0.29) is 24.0 Å². The molecule has 12 heteroatoms. The number of rotatable bonds is 12. The molecule has 0 bridgehead atoms. The van der Waals surface area contributed by atoms with E-state index in [0.29, 0.717) is 0 Å². The lowest BCUT2D eigenvalue weighted by Gasteiger charge is -2.35. The Hall–Kier alpha value is -2.16. The van der Waals surface area contributed by atoms with Gasteiger partial charge in [-0.3, -0.25) is 0 Å². The second kappa shape index (κ2) is 11.6. The van der Waals surface area contributed by atoms with E-state index in [1.807, 2.05) is 0 Å². The fourth-order valence-corrected chi connectivity index (χ4v) is 2.81. The minimum atomic E-state index is -2.16. The number of hydrogen-bond acceptors (Lipinski definition) is 12. The van der Waals surface area contributed by atoms with Gasteiger partial charge in [0.05, 0.1) is 11.1 Å². The van der Waals surface area contributed by atoms with Crippen LogP contribution in [0, 0.1) is 10.8 Å². The van der Waals surface area contributed by atoms with E-state index in [1.165, 1.54) is 38.1 Å². The normalized spacial score (nSPS) is 12.7. The number of carbonyl (C=O) groups is 2. The van der Waals surface area contributed by atoms with Gasteiger partial charge in [0.2, 0.25) is 0 Å². The first-order valence-electron chi connectivity index (χ1n) is 9.76. The van der Waals surface area contributed by atoms with Gasteiger partial charge in [0, 0.05) is 0 Å². The summed E-state index contributed by atoms with van der Waals surface area (Å²) in [6.07, 6.45) is -8.90. The van der Waals surface area contributed by atoms with Gasteiger partial charge in [-0.25, -0.2) is 9.59 Å². The molecule has 182 valence electrons. The smallest absolute Gasteiger partial charge is 0.338 e. The maximum absolute atomic E-state index is 12.2. The van der Waals surface area contributed by atoms with Gasteiger partial charge in [-0.15, -0.1) is 0 Å². The van der Waals surface area contributed by atoms with E-state index < -0.39 is 61.1 Å². The van der Waals surface area contributed by atoms with Gasteiger partial charge in [0.25, 0.3) is 0 Å². The molecule has 0 amide bonds. The van der Waals surface area contributed by atoms with E-state index in [0.717, 1.165) is 0 Å². The molecule has 0 unspecified atom stereocenters. The number of esters is 2. The highest BCUT2D eigenvalue weighted by Crippen LogP contribution is 2.31. The zero-order chi connectivity index (χ0) is 24.7. The lowest BCUT2D eigenvalue weighted by molar-refractivity contribution is -0.250. The molecule has 0 saturated carbocycles. The van der Waals surface area contributed by atoms with Crippen LogP contribution in [0.3, 0.4) is 0 Å². The minimum absolute atomic E-state index is 0.0362. The largest absolute Gasteiger partial charge is 0.461 e. The topological polar surface area (TPSA) is 214 Å². The van der Waals surface area contributed by atoms with Crippen LogP contribution in [0.2, 0.25) is 0 Å². The number of aliphatic hydroxyl groups excluding tert-OH is 4. The molecule has 12 nitrogen and oxygen atoms in total. The van der Waals surface area contributed by atoms with Crippen molar-refractivity contribution in [3.8, 4) is 0 Å². The van der Waals surface area contributed by atoms with Crippen molar-refractivity contribution in [1.29, 1.82) is 0 Å². The molecule has 0 radical (unpaired) electrons. The van der Waals surface area contributed by atoms with E-state index in [4.69, 9.17) is 9.47 Å². The predicted octanol–water partition coefficient (Wildman–Crippen LogP) is -1.96. The molecular formula is C20H30O12. The fraction of sp³-hybridized carbons (Fsp3) is 0.600. The van der Waals surface area contributed by atoms with Crippen LogP contribution in [0.1, 0.15) is 47.4 Å². The molecule has 0 aliphatic carbocycles. The van der Waals surface area contributed by atoms with Gasteiger partial charge in [-0.1, -0.05) is 13.8 Å². The number of carbonyl (C=O) groups excluding carboxylic acids is 2. The molecule has 0 spiro atoms. The predicted molar refractivity (Wildman–Crippen MR) is 105 cm³/mol. The SMILES string of the molecule is CCC(COC(=O)c1ccc(C(=O)OCC(CC)(C(O)O)C(O)O)cc1)(C(O)O)C(O)O. The molecule has 1 aromatic carbocycles. The van der Waals surface area contributed by atoms with Crippen molar-refractivity contribution in [2.45, 2.75) is 51.8 Å². The van der Waals surface area contributed by atoms with Crippen LogP contribution in [0.25, 0.3) is 0 Å². The zero-order valence-electron chi connectivity index (χ0n) is 17.7. The Bertz CT molecular complexity index is 662. The van der Waals surface area contributed by atoms with Gasteiger partial charge in [-0.05, 0) is 37.1 Å². The van der Waals surface area contributed by atoms with Crippen molar-refractivity contribution >= 4 is 11.9 Å². The summed E-state index contributed by atoms with van der Waals surface area (Å²) in [6, 6.07) is 4.80. The molecule has 0 aliphatic rings. The van der Waals surface area contributed by atoms with Gasteiger partial charge in [0.1, 0.15) is 24.0 Å². The van der Waals surface area contributed by atoms with E-state index in [2.05, 4.69) is 0 Å². The van der Waals surface area contributed by atoms with E-state index in [1.54, 1.807) is 0 Å². The zero-order valence-corrected chi connectivity index (χ0v) is 17.7. The van der Waals surface area contributed by atoms with Crippen molar-refractivity contribution in [1.82, 2.24) is 0 Å². The van der Waals surface area contributed by atoms with Crippen LogP contribution in [0.15, 0.2) is 24.3 Å². The highest BCUT2D eigenvalue weighted by atomic mass is 16.6. The molecule has 0 saturated heterocycles. The standard InChI is InChI=1S/C20H30O12/c1-3-19(15(23)24,16(25)26)9-31-13(21)11-5-7-12(8-6-11)14(22)32-10-20(4-2,17(27)28)18(29)30/h5-8,15-18,23-30H,3-4,9-10H2,1-2H3. The summed E-state index contributed by atoms with van der Waals surface area (Å²) >= 11 is 0. The lowest BCUT2D eigenvalue weighted by atomic mass is 9.84. The molecular weight excluding hydrogens is 432 g/mol. The van der Waals surface area contributed by atoms with Gasteiger partial charge >= 0.3 is 11.9 Å². The Morgan fingerprint density at radius 3 is 1.09 bits per heavy atom. The molecule has 1 rings (SSSR count). The summed E-state index contributed by atoms with van der Waals surface area (Å²) in [6.45, 7) is 1.50. The van der Waals surface area contributed by atoms with Crippen LogP contribution >= 0.6 is 0 Å². The number of benzene rings is 1. The summed E-state index contributed by atoms with van der Waals surface area (Å²) in [7, 11) is 0. The summed E-state index contributed by atoms with van der Waals surface area (Å²) in [4.78, 5) is 24.4. The highest BCUT2D eigenvalue weighted by Gasteiger charge is 2.44. The Morgan fingerprint density at radius 2 is 0.906 bits per heavy atom. The molecule has 0 atom stereocenters. The van der Waals surface area contributed by atoms with Gasteiger partial charge in [-0.2, -0.15) is 0 Å². The average Bonchev–Trinajstić information content (AvgIpc) is 2.74. The molecule has 0 fully saturated rings. The first-order valence-corrected chi connectivity index (χ1v) is 9.76. The average molecular weight is 462 g/mol. The molecule has 0 aliphatic heterocycles. The monoisotopic (exact) mass is 462 g/mol. The summed E-state index contributed by atoms with van der Waals surface area (Å²) in [5.74, 6) is -1.86. The van der Waals surface area contributed by atoms with Gasteiger partial charge < -0.3 is 50.3 Å². The van der Waals surface area contributed by atoms with E-state index in [9.17, 15) is 50.4 Å². The molecule has 0 aromatic heterocycles. The quantitative estimate of drug-likeness (QED) is 0.125. The molecule has 0 heterocycles. The highest BCUT2D eigenvalue weighted by molar-refractivity contribution is 5.93. The summed E-state index contributed by atoms with van der Waals surface area (Å²) in [5.41, 5.74) is -3.88. The molecule has 8 N–H and O–H groups in total. The van der Waals surface area contributed by atoms with E-state index >= 15 is 0 Å². The number of hydrogen-bond donors (Lipinski definition) is 8. The van der Waals surface area contributed by atoms with Crippen molar-refractivity contribution < 1.29 is 59.9 Å². The third kappa shape index (κ3) is 5.99. The summed E-state index contributed by atoms with van der Waals surface area (Å²) in [5, 5.41) is 75.5. The Labute approximate surface area is 183 Å². The van der Waals surface area contributed by atoms with Crippen LogP contribution in [0.4, 0.5) is 0 Å². The minimum Gasteiger partial charge on any atom is -0.461 e. The molecule has 32 heavy (non-hydrogen) atoms. The fourth-order valence-electron chi connectivity index (χ4n) is 2.81. The van der Waals surface area contributed by atoms with Crippen molar-refractivity contribution in [2.24, 2.45) is 10.8 Å². The maximum Gasteiger partial charge on any atom is 0.338 e. The third-order valence-electron chi connectivity index (χ3n) is 5.67. The van der Waals surface area contributed by atoms with Crippen LogP contribution in [-0.4, -0.2) is 91.2 Å². The first-order chi connectivity index (χ1) is 14.9. The summed E-state index contributed by atoms with van der Waals surface area (Å²) < 4.78 is 9.92. The second-order valence-electron chi connectivity index (χ2n) is 7.40. The Balaban J connectivity index is 2.84. The van der Waals surface area contributed by atoms with Crippen LogP contribution in [0.5, 0.6) is 0 Å². The lowest BCUT2D eigenvalue weighted by Crippen LogP contribution is -2.49. The van der Waals surface area contributed by atoms with Gasteiger partial charge in [0.15, 0.2) is 25.2 Å². The number of ether oxygens (including phenoxy) is 2. The molecule has 1 aromatic rings.